The van der Waals surface area contributed by atoms with Crippen LogP contribution < -0.4 is 5.73 Å². The monoisotopic (exact) mass is 379 g/mol. The lowest BCUT2D eigenvalue weighted by Gasteiger charge is -2.22. The number of hydrogen-bond acceptors (Lipinski definition) is 4. The number of benzene rings is 2. The highest BCUT2D eigenvalue weighted by atomic mass is 35.5. The summed E-state index contributed by atoms with van der Waals surface area (Å²) in [5, 5.41) is 8.99. The van der Waals surface area contributed by atoms with Crippen molar-refractivity contribution in [3.63, 3.8) is 0 Å². The molecule has 0 bridgehead atoms. The highest BCUT2D eigenvalue weighted by Gasteiger charge is 2.24. The lowest BCUT2D eigenvalue weighted by atomic mass is 10.1. The molecule has 0 aromatic heterocycles. The van der Waals surface area contributed by atoms with Crippen LogP contribution in [0.25, 0.3) is 0 Å². The van der Waals surface area contributed by atoms with Crippen molar-refractivity contribution in [3.8, 4) is 6.07 Å². The first-order valence-corrected chi connectivity index (χ1v) is 9.18. The van der Waals surface area contributed by atoms with Crippen LogP contribution in [0, 0.1) is 18.3 Å². The lowest BCUT2D eigenvalue weighted by molar-refractivity contribution is 0.421. The normalized spacial score (nSPS) is 11.0. The fourth-order valence-corrected chi connectivity index (χ4v) is 4.01. The Hall–Kier alpha value is -1.91. The Labute approximate surface area is 155 Å². The largest absolute Gasteiger partial charge is 0.329 e. The molecule has 0 aliphatic rings. The fourth-order valence-electron chi connectivity index (χ4n) is 2.47. The Balaban J connectivity index is 0.00000312. The molecule has 0 heterocycles. The van der Waals surface area contributed by atoms with Crippen LogP contribution in [0.3, 0.4) is 0 Å². The molecule has 0 radical (unpaired) electrons. The second-order valence-electron chi connectivity index (χ2n) is 5.52. The van der Waals surface area contributed by atoms with Gasteiger partial charge in [-0.3, -0.25) is 0 Å². The highest BCUT2D eigenvalue weighted by Crippen LogP contribution is 2.19. The standard InChI is InChI=1S/C18H21N3O2S.ClH/c1-15-13-18(8-7-17(15)14-20)24(22,23)21(12-10-19)11-9-16-5-3-2-4-6-16;/h2-8,13H,9-12,19H2,1H3;1H. The molecule has 5 nitrogen and oxygen atoms in total. The van der Waals surface area contributed by atoms with Crippen molar-refractivity contribution >= 4 is 22.4 Å². The number of nitrogens with two attached hydrogens (primary N) is 1. The van der Waals surface area contributed by atoms with Crippen LogP contribution in [-0.2, 0) is 16.4 Å². The van der Waals surface area contributed by atoms with Crippen molar-refractivity contribution in [2.24, 2.45) is 5.73 Å². The van der Waals surface area contributed by atoms with E-state index in [4.69, 9.17) is 11.0 Å². The van der Waals surface area contributed by atoms with E-state index < -0.39 is 10.0 Å². The average Bonchev–Trinajstić information content (AvgIpc) is 2.59. The predicted molar refractivity (Wildman–Crippen MR) is 101 cm³/mol. The topological polar surface area (TPSA) is 87.2 Å². The quantitative estimate of drug-likeness (QED) is 0.800. The van der Waals surface area contributed by atoms with E-state index in [2.05, 4.69) is 0 Å². The summed E-state index contributed by atoms with van der Waals surface area (Å²) in [6.07, 6.45) is 0.620. The van der Waals surface area contributed by atoms with E-state index in [-0.39, 0.29) is 30.4 Å². The number of hydrogen-bond donors (Lipinski definition) is 1. The Kier molecular flexibility index (Phi) is 8.07. The fraction of sp³-hybridized carbons (Fsp3) is 0.278. The van der Waals surface area contributed by atoms with Crippen molar-refractivity contribution in [3.05, 3.63) is 65.2 Å². The minimum Gasteiger partial charge on any atom is -0.329 e. The van der Waals surface area contributed by atoms with Crippen LogP contribution in [0.4, 0.5) is 0 Å². The van der Waals surface area contributed by atoms with E-state index in [0.29, 0.717) is 24.1 Å². The maximum atomic E-state index is 12.9. The molecule has 0 amide bonds. The third kappa shape index (κ3) is 5.28. The molecule has 0 fully saturated rings. The Morgan fingerprint density at radius 2 is 1.80 bits per heavy atom. The van der Waals surface area contributed by atoms with Gasteiger partial charge >= 0.3 is 0 Å². The zero-order valence-corrected chi connectivity index (χ0v) is 15.7. The van der Waals surface area contributed by atoms with E-state index in [1.165, 1.54) is 10.4 Å². The molecule has 0 spiro atoms. The van der Waals surface area contributed by atoms with Crippen molar-refractivity contribution in [1.82, 2.24) is 4.31 Å². The zero-order valence-electron chi connectivity index (χ0n) is 14.1. The van der Waals surface area contributed by atoms with Crippen LogP contribution in [0.2, 0.25) is 0 Å². The SMILES string of the molecule is Cc1cc(S(=O)(=O)N(CCN)CCc2ccccc2)ccc1C#N.Cl. The summed E-state index contributed by atoms with van der Waals surface area (Å²) in [4.78, 5) is 0.195. The molecule has 2 aromatic carbocycles. The molecule has 134 valence electrons. The first-order valence-electron chi connectivity index (χ1n) is 7.74. The number of halogens is 1. The molecule has 2 N–H and O–H groups in total. The van der Waals surface area contributed by atoms with Crippen molar-refractivity contribution in [2.45, 2.75) is 18.2 Å². The third-order valence-electron chi connectivity index (χ3n) is 3.83. The van der Waals surface area contributed by atoms with Crippen LogP contribution in [0.1, 0.15) is 16.7 Å². The Morgan fingerprint density at radius 1 is 1.12 bits per heavy atom. The molecule has 2 rings (SSSR count). The molecule has 0 unspecified atom stereocenters. The van der Waals surface area contributed by atoms with Crippen LogP contribution in [-0.4, -0.2) is 32.4 Å². The number of nitrogens with zero attached hydrogens (tertiary/aromatic N) is 2. The summed E-state index contributed by atoms with van der Waals surface area (Å²) in [5.41, 5.74) is 7.80. The third-order valence-corrected chi connectivity index (χ3v) is 5.72. The molecule has 7 heteroatoms. The summed E-state index contributed by atoms with van der Waals surface area (Å²) in [6.45, 7) is 2.61. The van der Waals surface area contributed by atoms with Crippen molar-refractivity contribution in [2.75, 3.05) is 19.6 Å². The Morgan fingerprint density at radius 3 is 2.36 bits per heavy atom. The van der Waals surface area contributed by atoms with Crippen LogP contribution >= 0.6 is 12.4 Å². The second kappa shape index (κ2) is 9.54. The number of aryl methyl sites for hydroxylation is 1. The van der Waals surface area contributed by atoms with Gasteiger partial charge in [-0.15, -0.1) is 12.4 Å². The maximum absolute atomic E-state index is 12.9. The Bertz CT molecular complexity index is 833. The van der Waals surface area contributed by atoms with Crippen molar-refractivity contribution < 1.29 is 8.42 Å². The summed E-state index contributed by atoms with van der Waals surface area (Å²) in [6, 6.07) is 16.3. The van der Waals surface area contributed by atoms with Gasteiger partial charge in [-0.2, -0.15) is 9.57 Å². The first-order chi connectivity index (χ1) is 11.5. The molecular formula is C18H22ClN3O2S. The molecule has 0 aliphatic carbocycles. The number of nitriles is 1. The summed E-state index contributed by atoms with van der Waals surface area (Å²) in [5.74, 6) is 0. The highest BCUT2D eigenvalue weighted by molar-refractivity contribution is 7.89. The van der Waals surface area contributed by atoms with Gasteiger partial charge in [-0.05, 0) is 42.7 Å². The van der Waals surface area contributed by atoms with E-state index in [1.807, 2.05) is 36.4 Å². The van der Waals surface area contributed by atoms with Gasteiger partial charge in [0.1, 0.15) is 0 Å². The van der Waals surface area contributed by atoms with E-state index in [1.54, 1.807) is 19.1 Å². The smallest absolute Gasteiger partial charge is 0.243 e. The summed E-state index contributed by atoms with van der Waals surface area (Å²) >= 11 is 0. The lowest BCUT2D eigenvalue weighted by Crippen LogP contribution is -2.37. The molecule has 2 aromatic rings. The first kappa shape index (κ1) is 21.1. The molecule has 0 atom stereocenters. The van der Waals surface area contributed by atoms with Gasteiger partial charge < -0.3 is 5.73 Å². The molecule has 0 aliphatic heterocycles. The molecular weight excluding hydrogens is 358 g/mol. The molecule has 0 saturated heterocycles. The minimum atomic E-state index is -3.64. The maximum Gasteiger partial charge on any atom is 0.243 e. The van der Waals surface area contributed by atoms with Gasteiger partial charge in [0.15, 0.2) is 0 Å². The molecule has 25 heavy (non-hydrogen) atoms. The average molecular weight is 380 g/mol. The second-order valence-corrected chi connectivity index (χ2v) is 7.45. The van der Waals surface area contributed by atoms with E-state index >= 15 is 0 Å². The number of rotatable bonds is 7. The number of sulfonamides is 1. The minimum absolute atomic E-state index is 0. The van der Waals surface area contributed by atoms with E-state index in [0.717, 1.165) is 5.56 Å². The van der Waals surface area contributed by atoms with Crippen LogP contribution in [0.5, 0.6) is 0 Å². The zero-order chi connectivity index (χ0) is 17.6. The van der Waals surface area contributed by atoms with Gasteiger partial charge in [0, 0.05) is 19.6 Å². The van der Waals surface area contributed by atoms with Gasteiger partial charge in [0.05, 0.1) is 16.5 Å². The van der Waals surface area contributed by atoms with Crippen molar-refractivity contribution in [1.29, 1.82) is 5.26 Å². The van der Waals surface area contributed by atoms with Gasteiger partial charge in [0.25, 0.3) is 0 Å². The predicted octanol–water partition coefficient (Wildman–Crippen LogP) is 2.48. The molecule has 0 saturated carbocycles. The van der Waals surface area contributed by atoms with Crippen LogP contribution in [0.15, 0.2) is 53.4 Å². The van der Waals surface area contributed by atoms with Gasteiger partial charge in [-0.25, -0.2) is 8.42 Å². The summed E-state index contributed by atoms with van der Waals surface area (Å²) < 4.78 is 27.2. The van der Waals surface area contributed by atoms with E-state index in [9.17, 15) is 8.42 Å². The van der Waals surface area contributed by atoms with Gasteiger partial charge in [0.2, 0.25) is 10.0 Å². The summed E-state index contributed by atoms with van der Waals surface area (Å²) in [7, 11) is -3.64. The van der Waals surface area contributed by atoms with Gasteiger partial charge in [-0.1, -0.05) is 30.3 Å².